The fourth-order valence-electron chi connectivity index (χ4n) is 4.11. The van der Waals surface area contributed by atoms with Crippen LogP contribution in [0.3, 0.4) is 0 Å². The molecular weight excluding hydrogens is 570 g/mol. The Labute approximate surface area is 239 Å². The van der Waals surface area contributed by atoms with Gasteiger partial charge in [-0.25, -0.2) is 9.59 Å². The lowest BCUT2D eigenvalue weighted by Gasteiger charge is -2.35. The van der Waals surface area contributed by atoms with Gasteiger partial charge in [-0.15, -0.1) is 0 Å². The van der Waals surface area contributed by atoms with Crippen LogP contribution >= 0.6 is 0 Å². The van der Waals surface area contributed by atoms with Gasteiger partial charge in [-0.3, -0.25) is 0 Å². The van der Waals surface area contributed by atoms with Crippen molar-refractivity contribution in [3.05, 3.63) is 95.1 Å². The summed E-state index contributed by atoms with van der Waals surface area (Å²) in [5.41, 5.74) is -7.31. The van der Waals surface area contributed by atoms with Crippen molar-refractivity contribution in [3.8, 4) is 0 Å². The largest absolute Gasteiger partial charge is 0.459 e. The molecule has 2 rings (SSSR count). The SMILES string of the molecule is CO[C@@](C(=O)OC[C@H](OC(=O)[C@](OC)(c1ccccc1)C(F)(F)F)/C(C)=C/CC=C(C)C)(c1ccccc1)C(F)(F)F. The van der Waals surface area contributed by atoms with Crippen LogP contribution in [0.25, 0.3) is 0 Å². The second kappa shape index (κ2) is 14.0. The van der Waals surface area contributed by atoms with Gasteiger partial charge in [0.1, 0.15) is 6.61 Å². The molecule has 0 aliphatic carbocycles. The Kier molecular flexibility index (Phi) is 11.5. The van der Waals surface area contributed by atoms with Crippen LogP contribution in [-0.4, -0.2) is 51.2 Å². The van der Waals surface area contributed by atoms with Crippen molar-refractivity contribution >= 4 is 11.9 Å². The number of benzene rings is 2. The van der Waals surface area contributed by atoms with E-state index in [2.05, 4.69) is 0 Å². The molecule has 3 atom stereocenters. The number of rotatable bonds is 12. The topological polar surface area (TPSA) is 71.1 Å². The van der Waals surface area contributed by atoms with Crippen LogP contribution in [0.4, 0.5) is 26.3 Å². The highest BCUT2D eigenvalue weighted by Gasteiger charge is 2.65. The zero-order valence-corrected chi connectivity index (χ0v) is 23.6. The summed E-state index contributed by atoms with van der Waals surface area (Å²) < 4.78 is 106. The molecule has 0 bridgehead atoms. The van der Waals surface area contributed by atoms with Gasteiger partial charge in [-0.2, -0.15) is 26.3 Å². The summed E-state index contributed by atoms with van der Waals surface area (Å²) in [6.45, 7) is 3.91. The minimum Gasteiger partial charge on any atom is -0.459 e. The Morgan fingerprint density at radius 3 is 1.52 bits per heavy atom. The van der Waals surface area contributed by atoms with E-state index in [-0.39, 0.29) is 12.0 Å². The van der Waals surface area contributed by atoms with E-state index in [1.165, 1.54) is 49.4 Å². The van der Waals surface area contributed by atoms with E-state index in [1.54, 1.807) is 19.9 Å². The minimum absolute atomic E-state index is 0.114. The van der Waals surface area contributed by atoms with Gasteiger partial charge in [0.2, 0.25) is 0 Å². The number of ether oxygens (including phenoxy) is 4. The lowest BCUT2D eigenvalue weighted by Crippen LogP contribution is -2.53. The fourth-order valence-corrected chi connectivity index (χ4v) is 4.11. The van der Waals surface area contributed by atoms with Crippen LogP contribution in [0.5, 0.6) is 0 Å². The first kappa shape index (κ1) is 34.6. The highest BCUT2D eigenvalue weighted by molar-refractivity contribution is 5.84. The average Bonchev–Trinajstić information content (AvgIpc) is 2.91. The quantitative estimate of drug-likeness (QED) is 0.149. The van der Waals surface area contributed by atoms with E-state index in [9.17, 15) is 35.9 Å². The molecule has 0 heterocycles. The first-order valence-electron chi connectivity index (χ1n) is 12.6. The van der Waals surface area contributed by atoms with Crippen molar-refractivity contribution in [2.75, 3.05) is 20.8 Å². The molecule has 230 valence electrons. The summed E-state index contributed by atoms with van der Waals surface area (Å²) in [6.07, 6.45) is -8.84. The van der Waals surface area contributed by atoms with Crippen LogP contribution < -0.4 is 0 Å². The molecule has 6 nitrogen and oxygen atoms in total. The molecule has 0 N–H and O–H groups in total. The summed E-state index contributed by atoms with van der Waals surface area (Å²) in [5.74, 6) is -3.81. The van der Waals surface area contributed by atoms with Crippen molar-refractivity contribution in [1.29, 1.82) is 0 Å². The maximum atomic E-state index is 14.4. The van der Waals surface area contributed by atoms with E-state index < -0.39 is 59.3 Å². The normalized spacial score (nSPS) is 16.0. The van der Waals surface area contributed by atoms with Crippen LogP contribution in [0.1, 0.15) is 38.3 Å². The zero-order valence-electron chi connectivity index (χ0n) is 23.6. The van der Waals surface area contributed by atoms with Crippen molar-refractivity contribution < 1.29 is 54.9 Å². The first-order chi connectivity index (χ1) is 19.6. The molecule has 12 heteroatoms. The van der Waals surface area contributed by atoms with Gasteiger partial charge in [0.25, 0.3) is 11.2 Å². The fraction of sp³-hybridized carbons (Fsp3) is 0.400. The second-order valence-electron chi connectivity index (χ2n) is 9.46. The Morgan fingerprint density at radius 2 is 1.14 bits per heavy atom. The molecule has 0 aliphatic heterocycles. The number of halogens is 6. The van der Waals surface area contributed by atoms with Crippen LogP contribution in [0.15, 0.2) is 84.0 Å². The van der Waals surface area contributed by atoms with Crippen molar-refractivity contribution in [2.45, 2.75) is 56.9 Å². The number of allylic oxidation sites excluding steroid dienone is 3. The summed E-state index contributed by atoms with van der Waals surface area (Å²) in [4.78, 5) is 26.3. The monoisotopic (exact) mass is 602 g/mol. The third-order valence-corrected chi connectivity index (χ3v) is 6.44. The summed E-state index contributed by atoms with van der Waals surface area (Å²) >= 11 is 0. The highest BCUT2D eigenvalue weighted by atomic mass is 19.4. The number of carbonyl (C=O) groups is 2. The van der Waals surface area contributed by atoms with Gasteiger partial charge in [0.15, 0.2) is 6.10 Å². The maximum absolute atomic E-state index is 14.4. The number of esters is 2. The van der Waals surface area contributed by atoms with Gasteiger partial charge < -0.3 is 18.9 Å². The lowest BCUT2D eigenvalue weighted by atomic mass is 9.92. The molecule has 0 radical (unpaired) electrons. The number of alkyl halides is 6. The number of carbonyl (C=O) groups excluding carboxylic acids is 2. The average molecular weight is 603 g/mol. The smallest absolute Gasteiger partial charge is 0.432 e. The van der Waals surface area contributed by atoms with Gasteiger partial charge >= 0.3 is 24.3 Å². The number of hydrogen-bond acceptors (Lipinski definition) is 6. The molecule has 2 aromatic rings. The van der Waals surface area contributed by atoms with Crippen molar-refractivity contribution in [2.24, 2.45) is 0 Å². The van der Waals surface area contributed by atoms with Gasteiger partial charge in [0.05, 0.1) is 0 Å². The molecule has 0 saturated heterocycles. The highest BCUT2D eigenvalue weighted by Crippen LogP contribution is 2.44. The summed E-state index contributed by atoms with van der Waals surface area (Å²) in [7, 11) is 1.34. The summed E-state index contributed by atoms with van der Waals surface area (Å²) in [6, 6.07) is 11.9. The Morgan fingerprint density at radius 1 is 0.714 bits per heavy atom. The van der Waals surface area contributed by atoms with E-state index in [0.717, 1.165) is 29.8 Å². The van der Waals surface area contributed by atoms with E-state index in [1.807, 2.05) is 0 Å². The zero-order chi connectivity index (χ0) is 31.8. The third kappa shape index (κ3) is 7.22. The molecule has 0 unspecified atom stereocenters. The van der Waals surface area contributed by atoms with Gasteiger partial charge in [-0.05, 0) is 32.8 Å². The molecule has 0 saturated carbocycles. The predicted molar refractivity (Wildman–Crippen MR) is 141 cm³/mol. The van der Waals surface area contributed by atoms with Crippen molar-refractivity contribution in [3.63, 3.8) is 0 Å². The molecule has 0 aliphatic rings. The predicted octanol–water partition coefficient (Wildman–Crippen LogP) is 6.95. The summed E-state index contributed by atoms with van der Waals surface area (Å²) in [5, 5.41) is 0. The maximum Gasteiger partial charge on any atom is 0.432 e. The second-order valence-corrected chi connectivity index (χ2v) is 9.46. The molecule has 0 aromatic heterocycles. The lowest BCUT2D eigenvalue weighted by molar-refractivity contribution is -0.281. The molecule has 0 amide bonds. The Bertz CT molecular complexity index is 1250. The number of hydrogen-bond donors (Lipinski definition) is 0. The van der Waals surface area contributed by atoms with E-state index >= 15 is 0 Å². The van der Waals surface area contributed by atoms with Crippen molar-refractivity contribution in [1.82, 2.24) is 0 Å². The van der Waals surface area contributed by atoms with Gasteiger partial charge in [0, 0.05) is 25.3 Å². The molecule has 0 spiro atoms. The molecule has 0 fully saturated rings. The Hall–Kier alpha value is -3.64. The molecular formula is C30H32F6O6. The van der Waals surface area contributed by atoms with E-state index in [4.69, 9.17) is 18.9 Å². The molecule has 2 aromatic carbocycles. The first-order valence-corrected chi connectivity index (χ1v) is 12.6. The number of methoxy groups -OCH3 is 2. The van der Waals surface area contributed by atoms with Crippen LogP contribution in [0, 0.1) is 0 Å². The van der Waals surface area contributed by atoms with E-state index in [0.29, 0.717) is 14.2 Å². The van der Waals surface area contributed by atoms with Crippen LogP contribution in [0.2, 0.25) is 0 Å². The van der Waals surface area contributed by atoms with Gasteiger partial charge in [-0.1, -0.05) is 78.4 Å². The third-order valence-electron chi connectivity index (χ3n) is 6.44. The molecule has 42 heavy (non-hydrogen) atoms. The standard InChI is InChI=1S/C30H32F6O6/c1-20(2)13-12-14-21(3)24(42-26(38)28(40-5,30(34,35)36)23-17-10-7-11-18-23)19-41-25(37)27(39-4,29(31,32)33)22-15-8-6-9-16-22/h6-11,13-18,24H,12,19H2,1-5H3/b21-14+/t24-,27+,28+/m0/s1. The minimum atomic E-state index is -5.31. The Balaban J connectivity index is 2.53. The van der Waals surface area contributed by atoms with Crippen LogP contribution in [-0.2, 0) is 39.7 Å².